The second-order valence-corrected chi connectivity index (χ2v) is 6.28. The van der Waals surface area contributed by atoms with Gasteiger partial charge in [-0.05, 0) is 12.1 Å². The number of benzene rings is 1. The number of nitro groups is 1. The molecule has 1 amide bonds. The Hall–Kier alpha value is -2.39. The number of fused-ring (bicyclic) bond motifs is 1. The first-order valence-corrected chi connectivity index (χ1v) is 7.68. The summed E-state index contributed by atoms with van der Waals surface area (Å²) >= 11 is 6.24. The van der Waals surface area contributed by atoms with Crippen molar-refractivity contribution >= 4 is 46.0 Å². The third kappa shape index (κ3) is 2.80. The van der Waals surface area contributed by atoms with Gasteiger partial charge in [-0.1, -0.05) is 30.1 Å². The Morgan fingerprint density at radius 3 is 2.78 bits per heavy atom. The van der Waals surface area contributed by atoms with Crippen molar-refractivity contribution in [1.82, 2.24) is 4.90 Å². The van der Waals surface area contributed by atoms with Crippen LogP contribution in [0, 0.1) is 10.1 Å². The van der Waals surface area contributed by atoms with E-state index in [9.17, 15) is 14.9 Å². The zero-order valence-electron chi connectivity index (χ0n) is 11.7. The number of carbonyl (C=O) groups is 1. The number of ether oxygens (including phenoxy) is 2. The van der Waals surface area contributed by atoms with Gasteiger partial charge in [-0.3, -0.25) is 19.8 Å². The Bertz CT molecular complexity index is 775. The van der Waals surface area contributed by atoms with Gasteiger partial charge in [-0.15, -0.1) is 6.58 Å². The van der Waals surface area contributed by atoms with Crippen LogP contribution in [0.15, 0.2) is 29.7 Å². The third-order valence-corrected chi connectivity index (χ3v) is 4.57. The molecule has 9 heteroatoms. The maximum Gasteiger partial charge on any atom is 0.280 e. The quantitative estimate of drug-likeness (QED) is 0.271. The highest BCUT2D eigenvalue weighted by Gasteiger charge is 2.32. The van der Waals surface area contributed by atoms with Crippen molar-refractivity contribution in [2.24, 2.45) is 0 Å². The third-order valence-electron chi connectivity index (χ3n) is 3.19. The number of hydrogen-bond donors (Lipinski definition) is 0. The van der Waals surface area contributed by atoms with E-state index in [1.807, 2.05) is 0 Å². The largest absolute Gasteiger partial charge is 0.454 e. The van der Waals surface area contributed by atoms with Crippen molar-refractivity contribution < 1.29 is 19.2 Å². The average Bonchev–Trinajstić information content (AvgIpc) is 3.06. The number of rotatable bonds is 4. The minimum absolute atomic E-state index is 0.0113. The summed E-state index contributed by atoms with van der Waals surface area (Å²) in [6.07, 6.45) is 3.01. The minimum atomic E-state index is -0.529. The van der Waals surface area contributed by atoms with Crippen molar-refractivity contribution in [1.29, 1.82) is 0 Å². The Morgan fingerprint density at radius 2 is 2.13 bits per heavy atom. The highest BCUT2D eigenvalue weighted by Crippen LogP contribution is 2.40. The summed E-state index contributed by atoms with van der Waals surface area (Å²) in [5.74, 6) is 0.420. The molecule has 7 nitrogen and oxygen atoms in total. The second kappa shape index (κ2) is 6.01. The van der Waals surface area contributed by atoms with Crippen LogP contribution in [0.1, 0.15) is 5.56 Å². The average molecular weight is 350 g/mol. The van der Waals surface area contributed by atoms with Crippen LogP contribution in [0.3, 0.4) is 0 Å². The number of hydrogen-bond acceptors (Lipinski definition) is 7. The summed E-state index contributed by atoms with van der Waals surface area (Å²) in [7, 11) is 0. The van der Waals surface area contributed by atoms with Gasteiger partial charge in [0.05, 0.1) is 21.5 Å². The predicted molar refractivity (Wildman–Crippen MR) is 89.3 cm³/mol. The van der Waals surface area contributed by atoms with Gasteiger partial charge in [0.15, 0.2) is 11.5 Å². The lowest BCUT2D eigenvalue weighted by Gasteiger charge is -2.10. The van der Waals surface area contributed by atoms with E-state index in [1.54, 1.807) is 6.08 Å². The fraction of sp³-hybridized carbons (Fsp3) is 0.143. The van der Waals surface area contributed by atoms with Crippen molar-refractivity contribution in [3.63, 3.8) is 0 Å². The number of thiocarbonyl (C=S) groups is 1. The Kier molecular flexibility index (Phi) is 4.05. The number of nitrogens with zero attached hydrogens (tertiary/aromatic N) is 2. The number of nitro benzene ring substituents is 1. The molecule has 0 aliphatic carbocycles. The van der Waals surface area contributed by atoms with Crippen LogP contribution in [0.5, 0.6) is 11.5 Å². The first kappa shape index (κ1) is 15.5. The molecule has 118 valence electrons. The molecule has 0 radical (unpaired) electrons. The van der Waals surface area contributed by atoms with E-state index in [0.29, 0.717) is 27.3 Å². The van der Waals surface area contributed by atoms with Crippen LogP contribution in [0.25, 0.3) is 6.08 Å². The highest BCUT2D eigenvalue weighted by molar-refractivity contribution is 8.26. The zero-order chi connectivity index (χ0) is 16.6. The molecule has 2 heterocycles. The number of carbonyl (C=O) groups excluding carboxylic acids is 1. The van der Waals surface area contributed by atoms with Gasteiger partial charge in [-0.2, -0.15) is 0 Å². The molecule has 0 bridgehead atoms. The van der Waals surface area contributed by atoms with Crippen molar-refractivity contribution in [3.8, 4) is 11.5 Å². The molecule has 1 aromatic rings. The van der Waals surface area contributed by atoms with Crippen LogP contribution in [-0.4, -0.2) is 33.4 Å². The number of amides is 1. The lowest BCUT2D eigenvalue weighted by molar-refractivity contribution is -0.385. The fourth-order valence-corrected chi connectivity index (χ4v) is 3.41. The van der Waals surface area contributed by atoms with Crippen LogP contribution in [0.2, 0.25) is 0 Å². The Balaban J connectivity index is 2.02. The van der Waals surface area contributed by atoms with Crippen LogP contribution in [0.4, 0.5) is 5.69 Å². The molecule has 0 atom stereocenters. The molecule has 2 aliphatic heterocycles. The van der Waals surface area contributed by atoms with Crippen LogP contribution in [-0.2, 0) is 4.79 Å². The van der Waals surface area contributed by atoms with Gasteiger partial charge in [0.1, 0.15) is 4.32 Å². The molecule has 1 saturated heterocycles. The molecule has 3 rings (SSSR count). The first-order valence-electron chi connectivity index (χ1n) is 6.45. The molecular formula is C14H10N2O5S2. The summed E-state index contributed by atoms with van der Waals surface area (Å²) in [5.41, 5.74) is 0.0987. The fourth-order valence-electron chi connectivity index (χ4n) is 2.15. The monoisotopic (exact) mass is 350 g/mol. The highest BCUT2D eigenvalue weighted by atomic mass is 32.2. The molecule has 0 unspecified atom stereocenters. The summed E-state index contributed by atoms with van der Waals surface area (Å²) in [6.45, 7) is 3.88. The van der Waals surface area contributed by atoms with Crippen molar-refractivity contribution in [3.05, 3.63) is 45.4 Å². The molecule has 23 heavy (non-hydrogen) atoms. The molecule has 0 saturated carbocycles. The maximum absolute atomic E-state index is 12.3. The van der Waals surface area contributed by atoms with E-state index in [2.05, 4.69) is 6.58 Å². The molecule has 0 aromatic heterocycles. The predicted octanol–water partition coefficient (Wildman–Crippen LogP) is 2.71. The van der Waals surface area contributed by atoms with E-state index in [4.69, 9.17) is 21.7 Å². The maximum atomic E-state index is 12.3. The topological polar surface area (TPSA) is 81.9 Å². The molecule has 0 spiro atoms. The van der Waals surface area contributed by atoms with E-state index in [1.165, 1.54) is 23.1 Å². The Morgan fingerprint density at radius 1 is 1.43 bits per heavy atom. The summed E-state index contributed by atoms with van der Waals surface area (Å²) in [5, 5.41) is 11.2. The van der Waals surface area contributed by atoms with E-state index in [-0.39, 0.29) is 24.0 Å². The van der Waals surface area contributed by atoms with Gasteiger partial charge in [-0.25, -0.2) is 0 Å². The normalized spacial score (nSPS) is 17.9. The van der Waals surface area contributed by atoms with Crippen molar-refractivity contribution in [2.45, 2.75) is 0 Å². The lowest BCUT2D eigenvalue weighted by Crippen LogP contribution is -2.27. The van der Waals surface area contributed by atoms with Gasteiger partial charge in [0.25, 0.3) is 11.6 Å². The van der Waals surface area contributed by atoms with Crippen LogP contribution >= 0.6 is 24.0 Å². The second-order valence-electron chi connectivity index (χ2n) is 4.60. The van der Waals surface area contributed by atoms with Crippen molar-refractivity contribution in [2.75, 3.05) is 13.3 Å². The van der Waals surface area contributed by atoms with Gasteiger partial charge < -0.3 is 9.47 Å². The minimum Gasteiger partial charge on any atom is -0.454 e. The van der Waals surface area contributed by atoms with Gasteiger partial charge >= 0.3 is 0 Å². The standard InChI is InChI=1S/C14H10N2O5S2/c1-2-3-15-13(17)12(23-14(15)22)5-8-4-10-11(21-7-20-10)6-9(8)16(18)19/h2,4-6H,1,3,7H2/b12-5+. The molecule has 1 fully saturated rings. The summed E-state index contributed by atoms with van der Waals surface area (Å²) in [4.78, 5) is 24.7. The summed E-state index contributed by atoms with van der Waals surface area (Å²) < 4.78 is 10.8. The molecular weight excluding hydrogens is 340 g/mol. The van der Waals surface area contributed by atoms with E-state index >= 15 is 0 Å². The lowest BCUT2D eigenvalue weighted by atomic mass is 10.1. The zero-order valence-corrected chi connectivity index (χ0v) is 13.3. The van der Waals surface area contributed by atoms with Gasteiger partial charge in [0.2, 0.25) is 6.79 Å². The first-order chi connectivity index (χ1) is 11.0. The molecule has 1 aromatic carbocycles. The molecule has 2 aliphatic rings. The van der Waals surface area contributed by atoms with Gasteiger partial charge in [0, 0.05) is 6.54 Å². The Labute approximate surface area is 140 Å². The van der Waals surface area contributed by atoms with Crippen LogP contribution < -0.4 is 9.47 Å². The molecule has 0 N–H and O–H groups in total. The smallest absolute Gasteiger partial charge is 0.280 e. The van der Waals surface area contributed by atoms with E-state index < -0.39 is 4.92 Å². The SMILES string of the molecule is C=CCN1C(=O)/C(=C\c2cc3c(cc2[N+](=O)[O-])OCO3)SC1=S. The summed E-state index contributed by atoms with van der Waals surface area (Å²) in [6, 6.07) is 2.78. The number of thioether (sulfide) groups is 1. The van der Waals surface area contributed by atoms with E-state index in [0.717, 1.165) is 11.8 Å².